The normalized spacial score (nSPS) is 16.3. The monoisotopic (exact) mass is 289 g/mol. The minimum atomic E-state index is -0.0692. The molecule has 2 nitrogen and oxygen atoms in total. The van der Waals surface area contributed by atoms with Gasteiger partial charge in [-0.15, -0.1) is 0 Å². The largest absolute Gasteiger partial charge is 0.396 e. The summed E-state index contributed by atoms with van der Waals surface area (Å²) >= 11 is 11.9. The Balaban J connectivity index is 2.80. The molecule has 0 fully saturated rings. The summed E-state index contributed by atoms with van der Waals surface area (Å²) in [6, 6.07) is 5.83. The van der Waals surface area contributed by atoms with Crippen LogP contribution in [0.25, 0.3) is 0 Å². The fraction of sp³-hybridized carbons (Fsp3) is 0.571. The minimum absolute atomic E-state index is 0.0692. The Kier molecular flexibility index (Phi) is 5.93. The van der Waals surface area contributed by atoms with Crippen molar-refractivity contribution in [2.45, 2.75) is 45.2 Å². The molecule has 0 spiro atoms. The topological polar surface area (TPSA) is 32.3 Å². The standard InChI is InChI=1S/C14H21Cl2NO/c1-4-14(3,7-8-18)17-10(2)11-5-6-12(15)13(16)9-11/h5-6,9-10,17-18H,4,7-8H2,1-3H3. The highest BCUT2D eigenvalue weighted by molar-refractivity contribution is 6.42. The van der Waals surface area contributed by atoms with Crippen LogP contribution in [0.3, 0.4) is 0 Å². The molecule has 0 amide bonds. The van der Waals surface area contributed by atoms with Crippen molar-refractivity contribution in [3.8, 4) is 0 Å². The lowest BCUT2D eigenvalue weighted by molar-refractivity contribution is 0.205. The van der Waals surface area contributed by atoms with Crippen LogP contribution in [0.5, 0.6) is 0 Å². The fourth-order valence-corrected chi connectivity index (χ4v) is 2.29. The maximum absolute atomic E-state index is 9.12. The Morgan fingerprint density at radius 2 is 2.00 bits per heavy atom. The summed E-state index contributed by atoms with van der Waals surface area (Å²) in [5.41, 5.74) is 1.03. The van der Waals surface area contributed by atoms with E-state index in [1.54, 1.807) is 0 Å². The van der Waals surface area contributed by atoms with E-state index in [0.29, 0.717) is 10.0 Å². The van der Waals surface area contributed by atoms with Gasteiger partial charge in [-0.05, 0) is 44.4 Å². The predicted molar refractivity (Wildman–Crippen MR) is 78.4 cm³/mol. The van der Waals surface area contributed by atoms with Crippen molar-refractivity contribution in [2.75, 3.05) is 6.61 Å². The van der Waals surface area contributed by atoms with Gasteiger partial charge in [0.2, 0.25) is 0 Å². The van der Waals surface area contributed by atoms with Crippen LogP contribution >= 0.6 is 23.2 Å². The molecule has 2 atom stereocenters. The lowest BCUT2D eigenvalue weighted by Crippen LogP contribution is -2.43. The van der Waals surface area contributed by atoms with Crippen molar-refractivity contribution in [1.82, 2.24) is 5.32 Å². The van der Waals surface area contributed by atoms with Crippen LogP contribution in [-0.2, 0) is 0 Å². The molecule has 0 aliphatic heterocycles. The molecule has 0 radical (unpaired) electrons. The van der Waals surface area contributed by atoms with Crippen molar-refractivity contribution in [3.05, 3.63) is 33.8 Å². The van der Waals surface area contributed by atoms with E-state index in [-0.39, 0.29) is 18.2 Å². The highest BCUT2D eigenvalue weighted by Crippen LogP contribution is 2.27. The molecule has 102 valence electrons. The molecule has 1 rings (SSSR count). The number of aliphatic hydroxyl groups excluding tert-OH is 1. The first-order chi connectivity index (χ1) is 8.41. The van der Waals surface area contributed by atoms with Gasteiger partial charge in [-0.3, -0.25) is 0 Å². The SMILES string of the molecule is CCC(C)(CCO)NC(C)c1ccc(Cl)c(Cl)c1. The summed E-state index contributed by atoms with van der Waals surface area (Å²) in [4.78, 5) is 0. The van der Waals surface area contributed by atoms with Crippen molar-refractivity contribution < 1.29 is 5.11 Å². The lowest BCUT2D eigenvalue weighted by Gasteiger charge is -2.33. The highest BCUT2D eigenvalue weighted by atomic mass is 35.5. The number of benzene rings is 1. The Bertz CT molecular complexity index is 397. The second kappa shape index (κ2) is 6.76. The second-order valence-electron chi connectivity index (χ2n) is 4.93. The first kappa shape index (κ1) is 15.8. The van der Waals surface area contributed by atoms with Crippen LogP contribution < -0.4 is 5.32 Å². The van der Waals surface area contributed by atoms with Crippen LogP contribution in [0.2, 0.25) is 10.0 Å². The van der Waals surface area contributed by atoms with Gasteiger partial charge in [0.1, 0.15) is 0 Å². The first-order valence-electron chi connectivity index (χ1n) is 6.25. The van der Waals surface area contributed by atoms with E-state index in [9.17, 15) is 0 Å². The van der Waals surface area contributed by atoms with Gasteiger partial charge in [0.25, 0.3) is 0 Å². The summed E-state index contributed by atoms with van der Waals surface area (Å²) in [5.74, 6) is 0. The zero-order valence-corrected chi connectivity index (χ0v) is 12.6. The van der Waals surface area contributed by atoms with Gasteiger partial charge in [0.05, 0.1) is 10.0 Å². The highest BCUT2D eigenvalue weighted by Gasteiger charge is 2.23. The van der Waals surface area contributed by atoms with Gasteiger partial charge in [-0.25, -0.2) is 0 Å². The van der Waals surface area contributed by atoms with Gasteiger partial charge in [0, 0.05) is 18.2 Å². The molecule has 1 aromatic rings. The predicted octanol–water partition coefficient (Wildman–Crippen LogP) is 4.20. The first-order valence-corrected chi connectivity index (χ1v) is 7.01. The molecule has 2 unspecified atom stereocenters. The quantitative estimate of drug-likeness (QED) is 0.823. The van der Waals surface area contributed by atoms with Gasteiger partial charge in [-0.1, -0.05) is 36.2 Å². The van der Waals surface area contributed by atoms with Gasteiger partial charge >= 0.3 is 0 Å². The maximum Gasteiger partial charge on any atom is 0.0595 e. The third-order valence-corrected chi connectivity index (χ3v) is 4.19. The smallest absolute Gasteiger partial charge is 0.0595 e. The molecule has 0 heterocycles. The van der Waals surface area contributed by atoms with Crippen molar-refractivity contribution in [2.24, 2.45) is 0 Å². The number of halogens is 2. The molecule has 0 aliphatic carbocycles. The van der Waals surface area contributed by atoms with Crippen molar-refractivity contribution in [1.29, 1.82) is 0 Å². The third kappa shape index (κ3) is 4.13. The molecule has 1 aromatic carbocycles. The van der Waals surface area contributed by atoms with Gasteiger partial charge < -0.3 is 10.4 Å². The van der Waals surface area contributed by atoms with Crippen molar-refractivity contribution >= 4 is 23.2 Å². The van der Waals surface area contributed by atoms with Crippen LogP contribution in [-0.4, -0.2) is 17.3 Å². The molecular weight excluding hydrogens is 269 g/mol. The van der Waals surface area contributed by atoms with Crippen LogP contribution in [0, 0.1) is 0 Å². The Morgan fingerprint density at radius 3 is 2.50 bits per heavy atom. The van der Waals surface area contributed by atoms with Crippen LogP contribution in [0.4, 0.5) is 0 Å². The molecular formula is C14H21Cl2NO. The summed E-state index contributed by atoms with van der Waals surface area (Å²) in [5, 5.41) is 13.8. The molecule has 2 N–H and O–H groups in total. The van der Waals surface area contributed by atoms with Crippen LogP contribution in [0.1, 0.15) is 45.2 Å². The summed E-state index contributed by atoms with van der Waals surface area (Å²) in [6.07, 6.45) is 1.69. The van der Waals surface area contributed by atoms with E-state index in [1.807, 2.05) is 18.2 Å². The van der Waals surface area contributed by atoms with Crippen LogP contribution in [0.15, 0.2) is 18.2 Å². The summed E-state index contributed by atoms with van der Waals surface area (Å²) < 4.78 is 0. The lowest BCUT2D eigenvalue weighted by atomic mass is 9.92. The number of rotatable bonds is 6. The molecule has 0 bridgehead atoms. The molecule has 0 saturated carbocycles. The molecule has 18 heavy (non-hydrogen) atoms. The number of hydrogen-bond donors (Lipinski definition) is 2. The molecule has 0 saturated heterocycles. The summed E-state index contributed by atoms with van der Waals surface area (Å²) in [6.45, 7) is 6.51. The van der Waals surface area contributed by atoms with Crippen molar-refractivity contribution in [3.63, 3.8) is 0 Å². The molecule has 0 aromatic heterocycles. The van der Waals surface area contributed by atoms with E-state index in [0.717, 1.165) is 18.4 Å². The average molecular weight is 290 g/mol. The van der Waals surface area contributed by atoms with E-state index < -0.39 is 0 Å². The molecule has 0 aliphatic rings. The zero-order valence-electron chi connectivity index (χ0n) is 11.1. The third-order valence-electron chi connectivity index (χ3n) is 3.45. The van der Waals surface area contributed by atoms with E-state index in [4.69, 9.17) is 28.3 Å². The summed E-state index contributed by atoms with van der Waals surface area (Å²) in [7, 11) is 0. The van der Waals surface area contributed by atoms with E-state index >= 15 is 0 Å². The second-order valence-corrected chi connectivity index (χ2v) is 5.74. The fourth-order valence-electron chi connectivity index (χ4n) is 1.99. The number of hydrogen-bond acceptors (Lipinski definition) is 2. The Hall–Kier alpha value is -0.280. The van der Waals surface area contributed by atoms with E-state index in [1.165, 1.54) is 0 Å². The Labute approximate surface area is 119 Å². The number of aliphatic hydroxyl groups is 1. The molecule has 4 heteroatoms. The average Bonchev–Trinajstić information content (AvgIpc) is 2.32. The van der Waals surface area contributed by atoms with E-state index in [2.05, 4.69) is 26.1 Å². The van der Waals surface area contributed by atoms with Gasteiger partial charge in [0.15, 0.2) is 0 Å². The van der Waals surface area contributed by atoms with Gasteiger partial charge in [-0.2, -0.15) is 0 Å². The zero-order chi connectivity index (χ0) is 13.8. The Morgan fingerprint density at radius 1 is 1.33 bits per heavy atom. The number of nitrogens with one attached hydrogen (secondary N) is 1. The maximum atomic E-state index is 9.12. The minimum Gasteiger partial charge on any atom is -0.396 e.